The molecule has 0 saturated carbocycles. The monoisotopic (exact) mass is 180 g/mol. The molecule has 0 spiro atoms. The minimum absolute atomic E-state index is 0.0327. The summed E-state index contributed by atoms with van der Waals surface area (Å²) in [5.74, 6) is -0.193. The van der Waals surface area contributed by atoms with Crippen LogP contribution in [0.2, 0.25) is 0 Å². The molecule has 1 N–H and O–H groups in total. The van der Waals surface area contributed by atoms with Crippen molar-refractivity contribution in [1.29, 1.82) is 10.5 Å². The zero-order valence-electron chi connectivity index (χ0n) is 7.58. The summed E-state index contributed by atoms with van der Waals surface area (Å²) in [7, 11) is 1.75. The highest BCUT2D eigenvalue weighted by atomic mass is 16.1. The van der Waals surface area contributed by atoms with Gasteiger partial charge in [0, 0.05) is 13.0 Å². The molecule has 0 aromatic heterocycles. The Hall–Kier alpha value is -1.59. The molecule has 0 atom stereocenters. The van der Waals surface area contributed by atoms with E-state index in [4.69, 9.17) is 10.5 Å². The predicted molar refractivity (Wildman–Crippen MR) is 46.3 cm³/mol. The summed E-state index contributed by atoms with van der Waals surface area (Å²) in [6, 6.07) is 3.80. The first-order valence-electron chi connectivity index (χ1n) is 3.90. The maximum absolute atomic E-state index is 11.0. The average molecular weight is 180 g/mol. The van der Waals surface area contributed by atoms with Crippen molar-refractivity contribution in [2.24, 2.45) is 0 Å². The number of nitrogens with one attached hydrogen (secondary N) is 1. The zero-order valence-corrected chi connectivity index (χ0v) is 7.58. The molecule has 70 valence electrons. The van der Waals surface area contributed by atoms with E-state index < -0.39 is 0 Å². The second-order valence-corrected chi connectivity index (χ2v) is 2.58. The second-order valence-electron chi connectivity index (χ2n) is 2.58. The zero-order chi connectivity index (χ0) is 10.1. The van der Waals surface area contributed by atoms with Gasteiger partial charge in [0.15, 0.2) is 0 Å². The molecule has 0 heterocycles. The summed E-state index contributed by atoms with van der Waals surface area (Å²) < 4.78 is 0. The molecule has 0 aliphatic carbocycles. The standard InChI is InChI=1S/C8H12N4O/c1-12(6-2-3-9)7-8(13)11-5-4-10/h2,5-7H2,1H3,(H,11,13). The van der Waals surface area contributed by atoms with Crippen molar-refractivity contribution < 1.29 is 4.79 Å². The Morgan fingerprint density at radius 2 is 2.15 bits per heavy atom. The lowest BCUT2D eigenvalue weighted by molar-refractivity contribution is -0.121. The molecule has 0 fully saturated rings. The van der Waals surface area contributed by atoms with Gasteiger partial charge in [-0.15, -0.1) is 0 Å². The van der Waals surface area contributed by atoms with Crippen LogP contribution in [0.15, 0.2) is 0 Å². The van der Waals surface area contributed by atoms with Crippen molar-refractivity contribution in [3.8, 4) is 12.1 Å². The molecule has 5 nitrogen and oxygen atoms in total. The molecule has 0 radical (unpaired) electrons. The van der Waals surface area contributed by atoms with Gasteiger partial charge in [0.25, 0.3) is 0 Å². The summed E-state index contributed by atoms with van der Waals surface area (Å²) in [5, 5.41) is 18.9. The molecule has 0 saturated heterocycles. The van der Waals surface area contributed by atoms with E-state index in [1.807, 2.05) is 12.1 Å². The SMILES string of the molecule is CN(CCC#N)CC(=O)NCC#N. The van der Waals surface area contributed by atoms with E-state index in [0.29, 0.717) is 13.0 Å². The highest BCUT2D eigenvalue weighted by molar-refractivity contribution is 5.78. The minimum Gasteiger partial charge on any atom is -0.342 e. The fourth-order valence-corrected chi connectivity index (χ4v) is 0.759. The first-order chi connectivity index (χ1) is 6.20. The van der Waals surface area contributed by atoms with Gasteiger partial charge in [0.2, 0.25) is 5.91 Å². The number of hydrogen-bond donors (Lipinski definition) is 1. The first-order valence-corrected chi connectivity index (χ1v) is 3.90. The van der Waals surface area contributed by atoms with Crippen LogP contribution in [-0.4, -0.2) is 37.5 Å². The number of carbonyl (C=O) groups is 1. The Balaban J connectivity index is 3.55. The van der Waals surface area contributed by atoms with Crippen LogP contribution in [0.5, 0.6) is 0 Å². The van der Waals surface area contributed by atoms with Crippen LogP contribution in [0.3, 0.4) is 0 Å². The Bertz CT molecular complexity index is 238. The molecule has 0 unspecified atom stereocenters. The van der Waals surface area contributed by atoms with Crippen LogP contribution in [0, 0.1) is 22.7 Å². The van der Waals surface area contributed by atoms with Crippen molar-refractivity contribution in [1.82, 2.24) is 10.2 Å². The van der Waals surface area contributed by atoms with Crippen LogP contribution in [0.4, 0.5) is 0 Å². The maximum atomic E-state index is 11.0. The number of nitriles is 2. The summed E-state index contributed by atoms with van der Waals surface area (Å²) in [5.41, 5.74) is 0. The molecule has 13 heavy (non-hydrogen) atoms. The summed E-state index contributed by atoms with van der Waals surface area (Å²) in [4.78, 5) is 12.7. The van der Waals surface area contributed by atoms with Gasteiger partial charge in [-0.3, -0.25) is 9.69 Å². The van der Waals surface area contributed by atoms with E-state index in [0.717, 1.165) is 0 Å². The lowest BCUT2D eigenvalue weighted by atomic mass is 10.4. The molecular weight excluding hydrogens is 168 g/mol. The summed E-state index contributed by atoms with van der Waals surface area (Å²) in [6.07, 6.45) is 0.405. The number of carbonyl (C=O) groups excluding carboxylic acids is 1. The quantitative estimate of drug-likeness (QED) is 0.577. The lowest BCUT2D eigenvalue weighted by Crippen LogP contribution is -2.35. The van der Waals surface area contributed by atoms with Gasteiger partial charge >= 0.3 is 0 Å². The van der Waals surface area contributed by atoms with Gasteiger partial charge in [0.1, 0.15) is 6.54 Å². The highest BCUT2D eigenvalue weighted by Crippen LogP contribution is 1.84. The minimum atomic E-state index is -0.193. The summed E-state index contributed by atoms with van der Waals surface area (Å²) in [6.45, 7) is 0.824. The second kappa shape index (κ2) is 7.08. The predicted octanol–water partition coefficient (Wildman–Crippen LogP) is -0.528. The molecular formula is C8H12N4O. The van der Waals surface area contributed by atoms with Crippen molar-refractivity contribution >= 4 is 5.91 Å². The van der Waals surface area contributed by atoms with E-state index in [1.165, 1.54) is 0 Å². The number of rotatable bonds is 5. The van der Waals surface area contributed by atoms with Crippen molar-refractivity contribution in [2.75, 3.05) is 26.7 Å². The van der Waals surface area contributed by atoms with E-state index in [9.17, 15) is 4.79 Å². The van der Waals surface area contributed by atoms with Gasteiger partial charge in [-0.25, -0.2) is 0 Å². The van der Waals surface area contributed by atoms with Crippen LogP contribution in [0.1, 0.15) is 6.42 Å². The van der Waals surface area contributed by atoms with Gasteiger partial charge in [-0.1, -0.05) is 0 Å². The third-order valence-corrected chi connectivity index (χ3v) is 1.38. The van der Waals surface area contributed by atoms with Gasteiger partial charge in [-0.05, 0) is 7.05 Å². The molecule has 0 aliphatic rings. The summed E-state index contributed by atoms with van der Waals surface area (Å²) >= 11 is 0. The van der Waals surface area contributed by atoms with Crippen LogP contribution < -0.4 is 5.32 Å². The smallest absolute Gasteiger partial charge is 0.234 e. The largest absolute Gasteiger partial charge is 0.342 e. The van der Waals surface area contributed by atoms with Crippen LogP contribution in [0.25, 0.3) is 0 Å². The van der Waals surface area contributed by atoms with Crippen LogP contribution >= 0.6 is 0 Å². The molecule has 0 aliphatic heterocycles. The first kappa shape index (κ1) is 11.4. The molecule has 0 bridgehead atoms. The normalized spacial score (nSPS) is 8.92. The Labute approximate surface area is 77.6 Å². The average Bonchev–Trinajstić information content (AvgIpc) is 2.11. The number of amides is 1. The lowest BCUT2D eigenvalue weighted by Gasteiger charge is -2.13. The van der Waals surface area contributed by atoms with E-state index in [-0.39, 0.29) is 19.0 Å². The number of nitrogens with zero attached hydrogens (tertiary/aromatic N) is 3. The van der Waals surface area contributed by atoms with E-state index >= 15 is 0 Å². The van der Waals surface area contributed by atoms with Gasteiger partial charge in [0.05, 0.1) is 18.7 Å². The third-order valence-electron chi connectivity index (χ3n) is 1.38. The Morgan fingerprint density at radius 1 is 1.46 bits per heavy atom. The molecule has 1 amide bonds. The number of hydrogen-bond acceptors (Lipinski definition) is 4. The van der Waals surface area contributed by atoms with Gasteiger partial charge in [-0.2, -0.15) is 10.5 Å². The van der Waals surface area contributed by atoms with Crippen molar-refractivity contribution in [2.45, 2.75) is 6.42 Å². The number of likely N-dealkylation sites (N-methyl/N-ethyl adjacent to an activating group) is 1. The molecule has 0 aromatic rings. The Kier molecular flexibility index (Phi) is 6.21. The fourth-order valence-electron chi connectivity index (χ4n) is 0.759. The van der Waals surface area contributed by atoms with E-state index in [2.05, 4.69) is 5.32 Å². The molecule has 0 rings (SSSR count). The van der Waals surface area contributed by atoms with Crippen LogP contribution in [-0.2, 0) is 4.79 Å². The highest BCUT2D eigenvalue weighted by Gasteiger charge is 2.04. The third kappa shape index (κ3) is 6.79. The Morgan fingerprint density at radius 3 is 2.69 bits per heavy atom. The topological polar surface area (TPSA) is 79.9 Å². The van der Waals surface area contributed by atoms with Gasteiger partial charge < -0.3 is 5.32 Å². The molecule has 5 heteroatoms. The molecule has 0 aromatic carbocycles. The maximum Gasteiger partial charge on any atom is 0.234 e. The van der Waals surface area contributed by atoms with Crippen molar-refractivity contribution in [3.63, 3.8) is 0 Å². The van der Waals surface area contributed by atoms with E-state index in [1.54, 1.807) is 11.9 Å². The fraction of sp³-hybridized carbons (Fsp3) is 0.625. The van der Waals surface area contributed by atoms with Crippen molar-refractivity contribution in [3.05, 3.63) is 0 Å².